The Balaban J connectivity index is 3.43. The SMILES string of the molecule is COC1(OC)C(=O)C(C)(C)C(=O)C1(C)C. The van der Waals surface area contributed by atoms with Crippen LogP contribution in [-0.4, -0.2) is 31.6 Å². The lowest BCUT2D eigenvalue weighted by Crippen LogP contribution is -2.51. The van der Waals surface area contributed by atoms with Crippen molar-refractivity contribution in [2.24, 2.45) is 10.8 Å². The summed E-state index contributed by atoms with van der Waals surface area (Å²) in [4.78, 5) is 24.3. The summed E-state index contributed by atoms with van der Waals surface area (Å²) in [7, 11) is 2.77. The third-order valence-corrected chi connectivity index (χ3v) is 3.40. The van der Waals surface area contributed by atoms with Gasteiger partial charge in [0.25, 0.3) is 0 Å². The normalized spacial score (nSPS) is 27.1. The van der Waals surface area contributed by atoms with E-state index in [1.54, 1.807) is 27.7 Å². The first-order valence-corrected chi connectivity index (χ1v) is 4.88. The van der Waals surface area contributed by atoms with E-state index in [2.05, 4.69) is 0 Å². The van der Waals surface area contributed by atoms with Gasteiger partial charge in [-0.25, -0.2) is 0 Å². The van der Waals surface area contributed by atoms with Gasteiger partial charge in [-0.05, 0) is 27.7 Å². The summed E-state index contributed by atoms with van der Waals surface area (Å²) in [5, 5.41) is 0. The Morgan fingerprint density at radius 1 is 0.867 bits per heavy atom. The molecule has 1 aliphatic rings. The fourth-order valence-corrected chi connectivity index (χ4v) is 2.51. The number of carbonyl (C=O) groups is 2. The molecule has 0 atom stereocenters. The van der Waals surface area contributed by atoms with Gasteiger partial charge < -0.3 is 9.47 Å². The zero-order valence-corrected chi connectivity index (χ0v) is 10.1. The number of Topliss-reactive ketones (excluding diaryl/α,β-unsaturated/α-hetero) is 2. The van der Waals surface area contributed by atoms with Crippen LogP contribution in [0.15, 0.2) is 0 Å². The third kappa shape index (κ3) is 1.15. The summed E-state index contributed by atoms with van der Waals surface area (Å²) in [6.45, 7) is 6.57. The van der Waals surface area contributed by atoms with E-state index in [0.29, 0.717) is 0 Å². The Bertz CT molecular complexity index is 311. The molecule has 0 amide bonds. The lowest BCUT2D eigenvalue weighted by atomic mass is 9.81. The molecule has 0 unspecified atom stereocenters. The molecule has 0 N–H and O–H groups in total. The number of hydrogen-bond acceptors (Lipinski definition) is 4. The second-order valence-electron chi connectivity index (χ2n) is 4.93. The summed E-state index contributed by atoms with van der Waals surface area (Å²) in [6, 6.07) is 0. The molecule has 0 radical (unpaired) electrons. The van der Waals surface area contributed by atoms with Crippen molar-refractivity contribution in [1.82, 2.24) is 0 Å². The highest BCUT2D eigenvalue weighted by Gasteiger charge is 2.70. The molecule has 0 aromatic rings. The van der Waals surface area contributed by atoms with Gasteiger partial charge >= 0.3 is 0 Å². The van der Waals surface area contributed by atoms with E-state index in [-0.39, 0.29) is 11.6 Å². The van der Waals surface area contributed by atoms with Gasteiger partial charge in [0.15, 0.2) is 5.78 Å². The van der Waals surface area contributed by atoms with Crippen LogP contribution >= 0.6 is 0 Å². The summed E-state index contributed by atoms with van der Waals surface area (Å²) >= 11 is 0. The van der Waals surface area contributed by atoms with Crippen LogP contribution in [0.5, 0.6) is 0 Å². The Morgan fingerprint density at radius 3 is 1.40 bits per heavy atom. The molecule has 0 saturated heterocycles. The molecule has 15 heavy (non-hydrogen) atoms. The summed E-state index contributed by atoms with van der Waals surface area (Å²) in [6.07, 6.45) is 0. The Morgan fingerprint density at radius 2 is 1.27 bits per heavy atom. The van der Waals surface area contributed by atoms with Crippen molar-refractivity contribution in [3.8, 4) is 0 Å². The molecule has 4 nitrogen and oxygen atoms in total. The quantitative estimate of drug-likeness (QED) is 0.511. The van der Waals surface area contributed by atoms with Crippen LogP contribution < -0.4 is 0 Å². The molecular formula is C11H18O4. The van der Waals surface area contributed by atoms with Crippen LogP contribution in [0.1, 0.15) is 27.7 Å². The van der Waals surface area contributed by atoms with E-state index in [9.17, 15) is 9.59 Å². The first-order chi connectivity index (χ1) is 6.68. The molecule has 4 heteroatoms. The average molecular weight is 214 g/mol. The average Bonchev–Trinajstić information content (AvgIpc) is 2.26. The highest BCUT2D eigenvalue weighted by atomic mass is 16.7. The van der Waals surface area contributed by atoms with Crippen LogP contribution in [0.25, 0.3) is 0 Å². The van der Waals surface area contributed by atoms with Crippen molar-refractivity contribution in [3.63, 3.8) is 0 Å². The van der Waals surface area contributed by atoms with Crippen molar-refractivity contribution in [3.05, 3.63) is 0 Å². The molecule has 1 fully saturated rings. The van der Waals surface area contributed by atoms with E-state index in [0.717, 1.165) is 0 Å². The third-order valence-electron chi connectivity index (χ3n) is 3.40. The zero-order valence-electron chi connectivity index (χ0n) is 10.1. The van der Waals surface area contributed by atoms with Crippen LogP contribution in [0, 0.1) is 10.8 Å². The maximum Gasteiger partial charge on any atom is 0.241 e. The van der Waals surface area contributed by atoms with Gasteiger partial charge in [-0.15, -0.1) is 0 Å². The topological polar surface area (TPSA) is 52.6 Å². The summed E-state index contributed by atoms with van der Waals surface area (Å²) in [5.74, 6) is -1.91. The van der Waals surface area contributed by atoms with E-state index in [4.69, 9.17) is 9.47 Å². The van der Waals surface area contributed by atoms with Crippen LogP contribution in [0.2, 0.25) is 0 Å². The van der Waals surface area contributed by atoms with Gasteiger partial charge in [0, 0.05) is 14.2 Å². The van der Waals surface area contributed by atoms with Crippen LogP contribution in [-0.2, 0) is 19.1 Å². The molecule has 1 rings (SSSR count). The van der Waals surface area contributed by atoms with Gasteiger partial charge in [-0.1, -0.05) is 0 Å². The minimum atomic E-state index is -1.45. The molecule has 0 aliphatic heterocycles. The largest absolute Gasteiger partial charge is 0.346 e. The van der Waals surface area contributed by atoms with E-state index >= 15 is 0 Å². The predicted octanol–water partition coefficient (Wildman–Crippen LogP) is 1.18. The fourth-order valence-electron chi connectivity index (χ4n) is 2.51. The molecule has 0 spiro atoms. The summed E-state index contributed by atoms with van der Waals surface area (Å²) < 4.78 is 10.4. The minimum Gasteiger partial charge on any atom is -0.346 e. The Labute approximate surface area is 89.9 Å². The molecule has 0 aromatic carbocycles. The molecule has 1 saturated carbocycles. The highest BCUT2D eigenvalue weighted by molar-refractivity contribution is 6.19. The van der Waals surface area contributed by atoms with Gasteiger partial charge in [0.05, 0.1) is 10.8 Å². The van der Waals surface area contributed by atoms with Crippen LogP contribution in [0.3, 0.4) is 0 Å². The maximum atomic E-state index is 12.2. The lowest BCUT2D eigenvalue weighted by molar-refractivity contribution is -0.237. The number of carbonyl (C=O) groups excluding carboxylic acids is 2. The molecule has 0 heterocycles. The maximum absolute atomic E-state index is 12.2. The number of ether oxygens (including phenoxy) is 2. The Kier molecular flexibility index (Phi) is 2.57. The Hall–Kier alpha value is -0.740. The van der Waals surface area contributed by atoms with Gasteiger partial charge in [0.1, 0.15) is 0 Å². The van der Waals surface area contributed by atoms with E-state index in [1.165, 1.54) is 14.2 Å². The van der Waals surface area contributed by atoms with Crippen molar-refractivity contribution in [2.45, 2.75) is 33.5 Å². The molecule has 1 aliphatic carbocycles. The lowest BCUT2D eigenvalue weighted by Gasteiger charge is -2.35. The number of rotatable bonds is 2. The molecule has 0 bridgehead atoms. The van der Waals surface area contributed by atoms with E-state index < -0.39 is 16.6 Å². The standard InChI is InChI=1S/C11H18O4/c1-9(2)7(12)10(3,4)11(14-5,15-6)8(9)13/h1-6H3. The second-order valence-corrected chi connectivity index (χ2v) is 4.93. The predicted molar refractivity (Wildman–Crippen MR) is 54.3 cm³/mol. The van der Waals surface area contributed by atoms with Crippen LogP contribution in [0.4, 0.5) is 0 Å². The first-order valence-electron chi connectivity index (χ1n) is 4.88. The smallest absolute Gasteiger partial charge is 0.241 e. The van der Waals surface area contributed by atoms with Crippen molar-refractivity contribution in [1.29, 1.82) is 0 Å². The molecular weight excluding hydrogens is 196 g/mol. The molecule has 86 valence electrons. The number of hydrogen-bond donors (Lipinski definition) is 0. The number of ketones is 2. The first kappa shape index (κ1) is 12.3. The monoisotopic (exact) mass is 214 g/mol. The number of methoxy groups -OCH3 is 2. The second kappa shape index (κ2) is 3.12. The van der Waals surface area contributed by atoms with Crippen molar-refractivity contribution >= 4 is 11.6 Å². The summed E-state index contributed by atoms with van der Waals surface area (Å²) in [5.41, 5.74) is -2.01. The zero-order chi connectivity index (χ0) is 12.1. The fraction of sp³-hybridized carbons (Fsp3) is 0.818. The van der Waals surface area contributed by atoms with E-state index in [1.807, 2.05) is 0 Å². The highest BCUT2D eigenvalue weighted by Crippen LogP contribution is 2.51. The van der Waals surface area contributed by atoms with Gasteiger partial charge in [0.2, 0.25) is 11.6 Å². The van der Waals surface area contributed by atoms with Gasteiger partial charge in [-0.3, -0.25) is 9.59 Å². The van der Waals surface area contributed by atoms with Gasteiger partial charge in [-0.2, -0.15) is 0 Å². The van der Waals surface area contributed by atoms with Crippen molar-refractivity contribution < 1.29 is 19.1 Å². The molecule has 0 aromatic heterocycles. The van der Waals surface area contributed by atoms with Crippen molar-refractivity contribution in [2.75, 3.05) is 14.2 Å². The minimum absolute atomic E-state index is 0.149.